The summed E-state index contributed by atoms with van der Waals surface area (Å²) in [5, 5.41) is 0. The molecule has 6 nitrogen and oxygen atoms in total. The number of ether oxygens (including phenoxy) is 1. The summed E-state index contributed by atoms with van der Waals surface area (Å²) in [7, 11) is 3.17. The number of amides is 1. The molecule has 2 rings (SSSR count). The van der Waals surface area contributed by atoms with Gasteiger partial charge in [-0.25, -0.2) is 9.78 Å². The Hall–Kier alpha value is -2.89. The lowest BCUT2D eigenvalue weighted by Crippen LogP contribution is -2.23. The highest BCUT2D eigenvalue weighted by molar-refractivity contribution is 5.97. The maximum Gasteiger partial charge on any atom is 0.337 e. The average Bonchev–Trinajstić information content (AvgIpc) is 2.54. The molecule has 0 saturated carbocycles. The lowest BCUT2D eigenvalue weighted by atomic mass is 10.1. The molecule has 1 aromatic carbocycles. The number of hydrogen-bond donors (Lipinski definition) is 1. The highest BCUT2D eigenvalue weighted by Crippen LogP contribution is 2.18. The summed E-state index contributed by atoms with van der Waals surface area (Å²) in [6.07, 6.45) is 1.61. The van der Waals surface area contributed by atoms with Gasteiger partial charge in [-0.1, -0.05) is 12.1 Å². The Labute approximate surface area is 128 Å². The van der Waals surface area contributed by atoms with E-state index in [0.29, 0.717) is 23.5 Å². The van der Waals surface area contributed by atoms with Crippen LogP contribution < -0.4 is 10.6 Å². The first-order chi connectivity index (χ1) is 10.5. The van der Waals surface area contributed by atoms with Crippen molar-refractivity contribution in [3.05, 3.63) is 59.3 Å². The third-order valence-corrected chi connectivity index (χ3v) is 3.21. The summed E-state index contributed by atoms with van der Waals surface area (Å²) >= 11 is 0. The maximum atomic E-state index is 11.4. The Morgan fingerprint density at radius 3 is 2.50 bits per heavy atom. The van der Waals surface area contributed by atoms with Gasteiger partial charge < -0.3 is 15.4 Å². The van der Waals surface area contributed by atoms with E-state index in [1.54, 1.807) is 30.5 Å². The van der Waals surface area contributed by atoms with E-state index in [1.807, 2.05) is 24.1 Å². The number of carbonyl (C=O) groups excluding carboxylic acids is 2. The number of anilines is 1. The van der Waals surface area contributed by atoms with Crippen LogP contribution in [0.4, 0.5) is 5.82 Å². The quantitative estimate of drug-likeness (QED) is 0.848. The van der Waals surface area contributed by atoms with Crippen molar-refractivity contribution < 1.29 is 14.3 Å². The number of hydrogen-bond acceptors (Lipinski definition) is 5. The number of nitrogens with two attached hydrogens (primary N) is 1. The molecule has 1 aromatic heterocycles. The van der Waals surface area contributed by atoms with Gasteiger partial charge in [-0.2, -0.15) is 0 Å². The Kier molecular flexibility index (Phi) is 4.73. The van der Waals surface area contributed by atoms with E-state index in [9.17, 15) is 9.59 Å². The normalized spacial score (nSPS) is 10.1. The standard InChI is InChI=1S/C16H17N3O3/c1-19(15-13(14(17)20)4-3-9-18-15)10-11-5-7-12(8-6-11)16(21)22-2/h3-9H,10H2,1-2H3,(H2,17,20). The predicted octanol–water partition coefficient (Wildman–Crippen LogP) is 1.60. The highest BCUT2D eigenvalue weighted by atomic mass is 16.5. The largest absolute Gasteiger partial charge is 0.465 e. The number of rotatable bonds is 5. The van der Waals surface area contributed by atoms with Gasteiger partial charge in [0.2, 0.25) is 0 Å². The Morgan fingerprint density at radius 1 is 1.23 bits per heavy atom. The molecule has 0 aliphatic carbocycles. The Morgan fingerprint density at radius 2 is 1.91 bits per heavy atom. The van der Waals surface area contributed by atoms with Crippen molar-refractivity contribution in [3.8, 4) is 0 Å². The molecule has 2 N–H and O–H groups in total. The fourth-order valence-corrected chi connectivity index (χ4v) is 2.11. The summed E-state index contributed by atoms with van der Waals surface area (Å²) in [6.45, 7) is 0.527. The Balaban J connectivity index is 2.17. The van der Waals surface area contributed by atoms with Crippen LogP contribution in [0.3, 0.4) is 0 Å². The number of nitrogens with zero attached hydrogens (tertiary/aromatic N) is 2. The molecule has 1 heterocycles. The van der Waals surface area contributed by atoms with Crippen molar-refractivity contribution in [1.82, 2.24) is 4.98 Å². The van der Waals surface area contributed by atoms with Gasteiger partial charge in [0, 0.05) is 19.8 Å². The van der Waals surface area contributed by atoms with Crippen molar-refractivity contribution in [3.63, 3.8) is 0 Å². The zero-order valence-corrected chi connectivity index (χ0v) is 12.4. The molecule has 0 saturated heterocycles. The van der Waals surface area contributed by atoms with Crippen LogP contribution in [0, 0.1) is 0 Å². The summed E-state index contributed by atoms with van der Waals surface area (Å²) < 4.78 is 4.66. The smallest absolute Gasteiger partial charge is 0.337 e. The van der Waals surface area contributed by atoms with Gasteiger partial charge in [-0.3, -0.25) is 4.79 Å². The molecule has 0 radical (unpaired) electrons. The van der Waals surface area contributed by atoms with Crippen LogP contribution in [-0.4, -0.2) is 31.0 Å². The van der Waals surface area contributed by atoms with Crippen molar-refractivity contribution in [1.29, 1.82) is 0 Å². The summed E-state index contributed by atoms with van der Waals surface area (Å²) in [4.78, 5) is 28.9. The minimum absolute atomic E-state index is 0.371. The van der Waals surface area contributed by atoms with Gasteiger partial charge in [0.1, 0.15) is 5.82 Å². The summed E-state index contributed by atoms with van der Waals surface area (Å²) in [5.41, 5.74) is 7.19. The van der Waals surface area contributed by atoms with Crippen LogP contribution in [0.2, 0.25) is 0 Å². The number of carbonyl (C=O) groups is 2. The van der Waals surface area contributed by atoms with Crippen LogP contribution in [0.25, 0.3) is 0 Å². The van der Waals surface area contributed by atoms with Gasteiger partial charge in [0.05, 0.1) is 18.2 Å². The van der Waals surface area contributed by atoms with E-state index in [4.69, 9.17) is 5.73 Å². The molecule has 0 unspecified atom stereocenters. The summed E-state index contributed by atoms with van der Waals surface area (Å²) in [5.74, 6) is -0.372. The van der Waals surface area contributed by atoms with Gasteiger partial charge in [0.15, 0.2) is 0 Å². The Bertz CT molecular complexity index is 683. The third kappa shape index (κ3) is 3.41. The molecule has 0 aliphatic rings. The van der Waals surface area contributed by atoms with Crippen LogP contribution in [0.5, 0.6) is 0 Å². The molecule has 0 atom stereocenters. The molecule has 6 heteroatoms. The third-order valence-electron chi connectivity index (χ3n) is 3.21. The van der Waals surface area contributed by atoms with Crippen molar-refractivity contribution in [2.45, 2.75) is 6.54 Å². The molecule has 0 bridgehead atoms. The molecule has 0 fully saturated rings. The predicted molar refractivity (Wildman–Crippen MR) is 82.6 cm³/mol. The van der Waals surface area contributed by atoms with Gasteiger partial charge in [0.25, 0.3) is 5.91 Å². The van der Waals surface area contributed by atoms with Crippen molar-refractivity contribution >= 4 is 17.7 Å². The lowest BCUT2D eigenvalue weighted by Gasteiger charge is -2.20. The summed E-state index contributed by atoms with van der Waals surface area (Å²) in [6, 6.07) is 10.4. The number of benzene rings is 1. The molecule has 114 valence electrons. The van der Waals surface area contributed by atoms with Crippen molar-refractivity contribution in [2.75, 3.05) is 19.1 Å². The van der Waals surface area contributed by atoms with Crippen LogP contribution >= 0.6 is 0 Å². The van der Waals surface area contributed by atoms with E-state index in [-0.39, 0.29) is 5.97 Å². The molecule has 0 spiro atoms. The number of pyridine rings is 1. The van der Waals surface area contributed by atoms with E-state index in [0.717, 1.165) is 5.56 Å². The fourth-order valence-electron chi connectivity index (χ4n) is 2.11. The minimum atomic E-state index is -0.518. The molecule has 2 aromatic rings. The van der Waals surface area contributed by atoms with E-state index >= 15 is 0 Å². The van der Waals surface area contributed by atoms with E-state index < -0.39 is 5.91 Å². The molecular formula is C16H17N3O3. The van der Waals surface area contributed by atoms with Gasteiger partial charge in [-0.05, 0) is 29.8 Å². The van der Waals surface area contributed by atoms with Crippen LogP contribution in [-0.2, 0) is 11.3 Å². The monoisotopic (exact) mass is 299 g/mol. The fraction of sp³-hybridized carbons (Fsp3) is 0.188. The van der Waals surface area contributed by atoms with Gasteiger partial charge >= 0.3 is 5.97 Å². The highest BCUT2D eigenvalue weighted by Gasteiger charge is 2.13. The number of aromatic nitrogens is 1. The second kappa shape index (κ2) is 6.71. The van der Waals surface area contributed by atoms with E-state index in [1.165, 1.54) is 7.11 Å². The first-order valence-corrected chi connectivity index (χ1v) is 6.66. The minimum Gasteiger partial charge on any atom is -0.465 e. The topological polar surface area (TPSA) is 85.5 Å². The number of methoxy groups -OCH3 is 1. The first kappa shape index (κ1) is 15.5. The first-order valence-electron chi connectivity index (χ1n) is 6.66. The molecule has 1 amide bonds. The zero-order chi connectivity index (χ0) is 16.1. The maximum absolute atomic E-state index is 11.4. The van der Waals surface area contributed by atoms with E-state index in [2.05, 4.69) is 9.72 Å². The average molecular weight is 299 g/mol. The molecular weight excluding hydrogens is 282 g/mol. The van der Waals surface area contributed by atoms with Crippen LogP contribution in [0.15, 0.2) is 42.6 Å². The molecule has 0 aliphatic heterocycles. The molecule has 22 heavy (non-hydrogen) atoms. The van der Waals surface area contributed by atoms with Crippen molar-refractivity contribution in [2.24, 2.45) is 5.73 Å². The second-order valence-electron chi connectivity index (χ2n) is 4.78. The number of primary amides is 1. The zero-order valence-electron chi connectivity index (χ0n) is 12.4. The lowest BCUT2D eigenvalue weighted by molar-refractivity contribution is 0.0600. The van der Waals surface area contributed by atoms with Crippen LogP contribution in [0.1, 0.15) is 26.3 Å². The SMILES string of the molecule is COC(=O)c1ccc(CN(C)c2ncccc2C(N)=O)cc1. The number of esters is 1. The second-order valence-corrected chi connectivity index (χ2v) is 4.78. The van der Waals surface area contributed by atoms with Gasteiger partial charge in [-0.15, -0.1) is 0 Å².